The Labute approximate surface area is 170 Å². The zero-order valence-corrected chi connectivity index (χ0v) is 16.9. The van der Waals surface area contributed by atoms with Gasteiger partial charge in [0.2, 0.25) is 0 Å². The molecule has 0 amide bonds. The molecule has 0 saturated carbocycles. The van der Waals surface area contributed by atoms with Crippen LogP contribution in [0.2, 0.25) is 20.1 Å². The number of hydrogen-bond acceptors (Lipinski definition) is 5. The lowest BCUT2D eigenvalue weighted by atomic mass is 9.82. The van der Waals surface area contributed by atoms with Crippen LogP contribution in [0.5, 0.6) is 0 Å². The van der Waals surface area contributed by atoms with E-state index in [1.165, 1.54) is 14.2 Å². The molecule has 2 unspecified atom stereocenters. The van der Waals surface area contributed by atoms with E-state index in [1.807, 2.05) is 0 Å². The van der Waals surface area contributed by atoms with Gasteiger partial charge in [-0.05, 0) is 0 Å². The fraction of sp³-hybridized carbons (Fsp3) is 0.294. The summed E-state index contributed by atoms with van der Waals surface area (Å²) in [5.74, 6) is -1.76. The van der Waals surface area contributed by atoms with Crippen molar-refractivity contribution in [3.05, 3.63) is 48.6 Å². The summed E-state index contributed by atoms with van der Waals surface area (Å²) in [4.78, 5) is 26.3. The number of esters is 2. The number of halogens is 4. The standard InChI is InChI=1S/C17H13Cl4NO4/c1-22-14-7(9(16(23)25-2)15(22)17(24)26-3)5-4-6-8(14)11(19)13(21)12(20)10(6)18/h4-5,7,14H,1-3H3. The summed E-state index contributed by atoms with van der Waals surface area (Å²) in [5, 5.41) is 0.740. The quantitative estimate of drug-likeness (QED) is 0.387. The second kappa shape index (κ2) is 6.97. The first-order valence-electron chi connectivity index (χ1n) is 7.43. The van der Waals surface area contributed by atoms with Crippen LogP contribution in [-0.4, -0.2) is 38.1 Å². The molecule has 1 aliphatic carbocycles. The third kappa shape index (κ3) is 2.61. The molecule has 0 bridgehead atoms. The largest absolute Gasteiger partial charge is 0.466 e. The predicted molar refractivity (Wildman–Crippen MR) is 101 cm³/mol. The summed E-state index contributed by atoms with van der Waals surface area (Å²) in [6.45, 7) is 0. The summed E-state index contributed by atoms with van der Waals surface area (Å²) in [5.41, 5.74) is 1.47. The van der Waals surface area contributed by atoms with Crippen LogP contribution in [0.1, 0.15) is 17.2 Å². The van der Waals surface area contributed by atoms with Crippen molar-refractivity contribution in [1.82, 2.24) is 4.90 Å². The normalized spacial score (nSPS) is 20.8. The topological polar surface area (TPSA) is 55.8 Å². The van der Waals surface area contributed by atoms with Crippen molar-refractivity contribution in [2.24, 2.45) is 5.92 Å². The molecule has 0 aromatic heterocycles. The molecule has 5 nitrogen and oxygen atoms in total. The molecule has 138 valence electrons. The highest BCUT2D eigenvalue weighted by Crippen LogP contribution is 2.54. The number of ether oxygens (including phenoxy) is 2. The Bertz CT molecular complexity index is 893. The van der Waals surface area contributed by atoms with Gasteiger partial charge in [-0.15, -0.1) is 0 Å². The fourth-order valence-electron chi connectivity index (χ4n) is 3.47. The molecule has 26 heavy (non-hydrogen) atoms. The van der Waals surface area contributed by atoms with Crippen LogP contribution in [0, 0.1) is 5.92 Å². The molecule has 1 aliphatic heterocycles. The lowest BCUT2D eigenvalue weighted by molar-refractivity contribution is -0.140. The summed E-state index contributed by atoms with van der Waals surface area (Å²) in [6.07, 6.45) is 3.47. The number of hydrogen-bond donors (Lipinski definition) is 0. The summed E-state index contributed by atoms with van der Waals surface area (Å²) < 4.78 is 9.71. The van der Waals surface area contributed by atoms with E-state index in [0.29, 0.717) is 11.1 Å². The third-order valence-electron chi connectivity index (χ3n) is 4.59. The Kier molecular flexibility index (Phi) is 5.19. The van der Waals surface area contributed by atoms with Gasteiger partial charge in [0.25, 0.3) is 0 Å². The Morgan fingerprint density at radius 1 is 0.962 bits per heavy atom. The molecular formula is C17H13Cl4NO4. The van der Waals surface area contributed by atoms with Crippen LogP contribution in [0.25, 0.3) is 6.08 Å². The van der Waals surface area contributed by atoms with E-state index in [-0.39, 0.29) is 31.4 Å². The first-order chi connectivity index (χ1) is 12.3. The zero-order chi connectivity index (χ0) is 19.3. The summed E-state index contributed by atoms with van der Waals surface area (Å²) in [6, 6.07) is -0.488. The van der Waals surface area contributed by atoms with E-state index in [0.717, 1.165) is 0 Å². The molecule has 3 rings (SSSR count). The van der Waals surface area contributed by atoms with E-state index in [2.05, 4.69) is 0 Å². The van der Waals surface area contributed by atoms with Crippen molar-refractivity contribution in [1.29, 1.82) is 0 Å². The van der Waals surface area contributed by atoms with E-state index in [9.17, 15) is 9.59 Å². The van der Waals surface area contributed by atoms with Crippen LogP contribution in [0.3, 0.4) is 0 Å². The van der Waals surface area contributed by atoms with Crippen LogP contribution < -0.4 is 0 Å². The van der Waals surface area contributed by atoms with Gasteiger partial charge in [-0.25, -0.2) is 9.59 Å². The van der Waals surface area contributed by atoms with E-state index in [4.69, 9.17) is 55.9 Å². The van der Waals surface area contributed by atoms with Crippen molar-refractivity contribution in [3.63, 3.8) is 0 Å². The average molecular weight is 437 g/mol. The van der Waals surface area contributed by atoms with Gasteiger partial charge < -0.3 is 14.4 Å². The average Bonchev–Trinajstić information content (AvgIpc) is 2.95. The minimum Gasteiger partial charge on any atom is -0.466 e. The number of carbonyl (C=O) groups is 2. The Balaban J connectivity index is 2.27. The maximum atomic E-state index is 12.4. The van der Waals surface area contributed by atoms with Crippen LogP contribution in [0.4, 0.5) is 0 Å². The number of methoxy groups -OCH3 is 2. The van der Waals surface area contributed by atoms with Gasteiger partial charge in [-0.2, -0.15) is 0 Å². The van der Waals surface area contributed by atoms with Crippen molar-refractivity contribution in [3.8, 4) is 0 Å². The molecule has 0 N–H and O–H groups in total. The van der Waals surface area contributed by atoms with Gasteiger partial charge in [0, 0.05) is 24.1 Å². The second-order valence-corrected chi connectivity index (χ2v) is 7.28. The highest BCUT2D eigenvalue weighted by atomic mass is 35.5. The molecule has 0 spiro atoms. The number of nitrogens with zero attached hydrogens (tertiary/aromatic N) is 1. The smallest absolute Gasteiger partial charge is 0.354 e. The molecule has 2 aliphatic rings. The first-order valence-corrected chi connectivity index (χ1v) is 8.95. The molecule has 9 heteroatoms. The number of carbonyl (C=O) groups excluding carboxylic acids is 2. The van der Waals surface area contributed by atoms with Crippen molar-refractivity contribution < 1.29 is 19.1 Å². The Morgan fingerprint density at radius 3 is 2.12 bits per heavy atom. The van der Waals surface area contributed by atoms with Crippen LogP contribution in [-0.2, 0) is 19.1 Å². The number of benzene rings is 1. The maximum absolute atomic E-state index is 12.4. The van der Waals surface area contributed by atoms with Gasteiger partial charge in [0.05, 0.1) is 45.9 Å². The molecule has 1 aromatic carbocycles. The maximum Gasteiger partial charge on any atom is 0.354 e. The SMILES string of the molecule is COC(=O)C1=C(C(=O)OC)N(C)C2c3c(Cl)c(Cl)c(Cl)c(Cl)c3C=CC12. The number of likely N-dealkylation sites (N-methyl/N-ethyl adjacent to an activating group) is 1. The van der Waals surface area contributed by atoms with Crippen molar-refractivity contribution in [2.45, 2.75) is 6.04 Å². The number of fused-ring (bicyclic) bond motifs is 3. The molecule has 0 fully saturated rings. The van der Waals surface area contributed by atoms with Crippen molar-refractivity contribution in [2.75, 3.05) is 21.3 Å². The molecule has 0 radical (unpaired) electrons. The van der Waals surface area contributed by atoms with Crippen molar-refractivity contribution >= 4 is 64.4 Å². The molecule has 1 aromatic rings. The van der Waals surface area contributed by atoms with E-state index < -0.39 is 23.9 Å². The Hall–Kier alpha value is -1.40. The van der Waals surface area contributed by atoms with E-state index >= 15 is 0 Å². The number of rotatable bonds is 2. The highest BCUT2D eigenvalue weighted by Gasteiger charge is 2.48. The Morgan fingerprint density at radius 2 is 1.54 bits per heavy atom. The predicted octanol–water partition coefficient (Wildman–Crippen LogP) is 4.53. The van der Waals surface area contributed by atoms with Gasteiger partial charge in [0.15, 0.2) is 0 Å². The molecule has 2 atom stereocenters. The van der Waals surface area contributed by atoms with Crippen LogP contribution in [0.15, 0.2) is 17.3 Å². The van der Waals surface area contributed by atoms with E-state index in [1.54, 1.807) is 24.1 Å². The summed E-state index contributed by atoms with van der Waals surface area (Å²) in [7, 11) is 4.15. The highest BCUT2D eigenvalue weighted by molar-refractivity contribution is 6.52. The van der Waals surface area contributed by atoms with Gasteiger partial charge in [0.1, 0.15) is 5.70 Å². The summed E-state index contributed by atoms with van der Waals surface area (Å²) >= 11 is 25.2. The minimum atomic E-state index is -0.653. The molecule has 1 heterocycles. The van der Waals surface area contributed by atoms with Crippen LogP contribution >= 0.6 is 46.4 Å². The first kappa shape index (κ1) is 19.4. The second-order valence-electron chi connectivity index (χ2n) is 5.77. The lowest BCUT2D eigenvalue weighted by Crippen LogP contribution is -2.28. The fourth-order valence-corrected chi connectivity index (χ4v) is 4.53. The minimum absolute atomic E-state index is 0.102. The third-order valence-corrected chi connectivity index (χ3v) is 6.42. The molecule has 0 saturated heterocycles. The lowest BCUT2D eigenvalue weighted by Gasteiger charge is -2.33. The van der Waals surface area contributed by atoms with Gasteiger partial charge in [-0.3, -0.25) is 0 Å². The monoisotopic (exact) mass is 435 g/mol. The molecular weight excluding hydrogens is 424 g/mol. The van der Waals surface area contributed by atoms with Gasteiger partial charge in [-0.1, -0.05) is 58.6 Å². The van der Waals surface area contributed by atoms with Gasteiger partial charge >= 0.3 is 11.9 Å². The zero-order valence-electron chi connectivity index (χ0n) is 13.9.